The smallest absolute Gasteiger partial charge is 0.416 e. The van der Waals surface area contributed by atoms with Crippen LogP contribution in [0.1, 0.15) is 57.7 Å². The van der Waals surface area contributed by atoms with Crippen molar-refractivity contribution in [1.29, 1.82) is 0 Å². The van der Waals surface area contributed by atoms with Crippen molar-refractivity contribution in [1.82, 2.24) is 10.3 Å². The number of benzene rings is 3. The lowest BCUT2D eigenvalue weighted by Gasteiger charge is -2.23. The van der Waals surface area contributed by atoms with Gasteiger partial charge in [0.05, 0.1) is 48.1 Å². The number of carbonyl (C=O) groups is 3. The summed E-state index contributed by atoms with van der Waals surface area (Å²) in [7, 11) is -3.63. The Morgan fingerprint density at radius 2 is 1.58 bits per heavy atom. The van der Waals surface area contributed by atoms with Crippen molar-refractivity contribution in [2.45, 2.75) is 38.7 Å². The molecule has 4 rings (SSSR count). The number of hydrogen-bond donors (Lipinski definition) is 3. The van der Waals surface area contributed by atoms with Gasteiger partial charge in [0.15, 0.2) is 9.84 Å². The van der Waals surface area contributed by atoms with Gasteiger partial charge in [-0.1, -0.05) is 24.3 Å². The first kappa shape index (κ1) is 39.5. The predicted octanol–water partition coefficient (Wildman–Crippen LogP) is 6.20. The molecule has 0 saturated heterocycles. The first-order valence-corrected chi connectivity index (χ1v) is 18.2. The van der Waals surface area contributed by atoms with Gasteiger partial charge in [0, 0.05) is 48.2 Å². The van der Waals surface area contributed by atoms with Gasteiger partial charge >= 0.3 is 12.1 Å². The van der Waals surface area contributed by atoms with Gasteiger partial charge in [-0.15, -0.1) is 0 Å². The second-order valence-corrected chi connectivity index (χ2v) is 13.9. The van der Waals surface area contributed by atoms with Crippen LogP contribution in [0.2, 0.25) is 0 Å². The zero-order chi connectivity index (χ0) is 37.9. The number of rotatable bonds is 17. The van der Waals surface area contributed by atoms with E-state index < -0.39 is 39.4 Å². The molecule has 4 aromatic rings. The average molecular weight is 741 g/mol. The molecule has 11 nitrogen and oxygen atoms in total. The number of nitrogens with zero attached hydrogens (tertiary/aromatic N) is 2. The van der Waals surface area contributed by atoms with E-state index in [1.165, 1.54) is 42.6 Å². The third-order valence-electron chi connectivity index (χ3n) is 7.96. The van der Waals surface area contributed by atoms with E-state index >= 15 is 0 Å². The number of nitrogens with one attached hydrogen (secondary N) is 2. The number of hydrogen-bond acceptors (Lipinski definition) is 8. The molecule has 0 aliphatic heterocycles. The van der Waals surface area contributed by atoms with Crippen LogP contribution in [-0.4, -0.2) is 68.3 Å². The largest absolute Gasteiger partial charge is 0.481 e. The highest BCUT2D eigenvalue weighted by atomic mass is 32.2. The maximum absolute atomic E-state index is 13.5. The summed E-state index contributed by atoms with van der Waals surface area (Å²) in [6.45, 7) is 4.97. The van der Waals surface area contributed by atoms with Crippen LogP contribution < -0.4 is 15.5 Å². The number of carboxylic acid groups (broad SMARTS) is 1. The molecular formula is C37H39F3N4O7S. The fourth-order valence-corrected chi connectivity index (χ4v) is 6.47. The second kappa shape index (κ2) is 17.8. The maximum Gasteiger partial charge on any atom is 0.416 e. The lowest BCUT2D eigenvalue weighted by atomic mass is 10.0. The van der Waals surface area contributed by atoms with E-state index in [-0.39, 0.29) is 54.4 Å². The Balaban J connectivity index is 1.54. The van der Waals surface area contributed by atoms with Gasteiger partial charge in [0.25, 0.3) is 11.8 Å². The highest BCUT2D eigenvalue weighted by Crippen LogP contribution is 2.33. The lowest BCUT2D eigenvalue weighted by Crippen LogP contribution is -2.23. The normalized spacial score (nSPS) is 11.6. The number of pyridine rings is 1. The quantitative estimate of drug-likeness (QED) is 0.107. The number of aromatic nitrogens is 1. The van der Waals surface area contributed by atoms with Gasteiger partial charge in [0.1, 0.15) is 0 Å². The number of carbonyl (C=O) groups excluding carboxylic acids is 2. The summed E-state index contributed by atoms with van der Waals surface area (Å²) in [5, 5.41) is 14.2. The highest BCUT2D eigenvalue weighted by molar-refractivity contribution is 7.90. The summed E-state index contributed by atoms with van der Waals surface area (Å²) < 4.78 is 69.9. The third-order valence-corrected chi connectivity index (χ3v) is 9.52. The number of halogens is 3. The van der Waals surface area contributed by atoms with E-state index in [0.717, 1.165) is 17.8 Å². The number of amides is 2. The molecule has 0 saturated carbocycles. The van der Waals surface area contributed by atoms with E-state index in [9.17, 15) is 36.0 Å². The number of sulfone groups is 1. The molecule has 0 aliphatic carbocycles. The second-order valence-electron chi connectivity index (χ2n) is 11.7. The van der Waals surface area contributed by atoms with Crippen LogP contribution in [0.3, 0.4) is 0 Å². The van der Waals surface area contributed by atoms with E-state index in [4.69, 9.17) is 9.84 Å². The summed E-state index contributed by atoms with van der Waals surface area (Å²) >= 11 is 0. The Labute approximate surface area is 299 Å². The van der Waals surface area contributed by atoms with Gasteiger partial charge < -0.3 is 25.4 Å². The van der Waals surface area contributed by atoms with Crippen molar-refractivity contribution in [3.8, 4) is 11.3 Å². The van der Waals surface area contributed by atoms with Crippen LogP contribution in [0, 0.1) is 0 Å². The SMILES string of the molecule is CCN(CC)c1ccc(NC(=O)c2cccc(CS(=O)(=O)CCOCCC(=O)O)c2)c(-c2cc(C(=O)NCc3cccc(C(F)(F)F)c3)ccn2)c1. The molecule has 0 fully saturated rings. The van der Waals surface area contributed by atoms with Crippen LogP contribution in [-0.2, 0) is 37.8 Å². The summed E-state index contributed by atoms with van der Waals surface area (Å²) in [4.78, 5) is 43.8. The zero-order valence-corrected chi connectivity index (χ0v) is 29.4. The van der Waals surface area contributed by atoms with Gasteiger partial charge in [-0.3, -0.25) is 19.4 Å². The van der Waals surface area contributed by atoms with Crippen molar-refractivity contribution in [2.24, 2.45) is 0 Å². The van der Waals surface area contributed by atoms with E-state index in [1.807, 2.05) is 26.0 Å². The van der Waals surface area contributed by atoms with Crippen molar-refractivity contribution in [3.63, 3.8) is 0 Å². The molecule has 0 unspecified atom stereocenters. The van der Waals surface area contributed by atoms with Crippen molar-refractivity contribution < 1.29 is 45.8 Å². The minimum Gasteiger partial charge on any atom is -0.481 e. The Kier molecular flexibility index (Phi) is 13.5. The van der Waals surface area contributed by atoms with Gasteiger partial charge in [-0.25, -0.2) is 8.42 Å². The molecule has 52 heavy (non-hydrogen) atoms. The molecule has 0 aliphatic rings. The number of aliphatic carboxylic acids is 1. The lowest BCUT2D eigenvalue weighted by molar-refractivity contribution is -0.138. The zero-order valence-electron chi connectivity index (χ0n) is 28.6. The minimum absolute atomic E-state index is 0.102. The monoisotopic (exact) mass is 740 g/mol. The summed E-state index contributed by atoms with van der Waals surface area (Å²) in [5.74, 6) is -2.78. The number of anilines is 2. The fraction of sp³-hybridized carbons (Fsp3) is 0.297. The molecule has 0 spiro atoms. The molecule has 3 N–H and O–H groups in total. The Morgan fingerprint density at radius 1 is 0.865 bits per heavy atom. The molecule has 3 aromatic carbocycles. The highest BCUT2D eigenvalue weighted by Gasteiger charge is 2.30. The van der Waals surface area contributed by atoms with Crippen LogP contribution >= 0.6 is 0 Å². The third kappa shape index (κ3) is 11.4. The fourth-order valence-electron chi connectivity index (χ4n) is 5.27. The molecule has 15 heteroatoms. The van der Waals surface area contributed by atoms with E-state index in [0.29, 0.717) is 35.6 Å². The van der Waals surface area contributed by atoms with Gasteiger partial charge in [-0.05, 0) is 79.6 Å². The molecule has 1 heterocycles. The first-order valence-electron chi connectivity index (χ1n) is 16.4. The van der Waals surface area contributed by atoms with Gasteiger partial charge in [-0.2, -0.15) is 13.2 Å². The van der Waals surface area contributed by atoms with Crippen LogP contribution in [0.25, 0.3) is 11.3 Å². The Morgan fingerprint density at radius 3 is 2.29 bits per heavy atom. The molecule has 0 atom stereocenters. The van der Waals surface area contributed by atoms with Crippen molar-refractivity contribution in [2.75, 3.05) is 42.3 Å². The number of carboxylic acids is 1. The summed E-state index contributed by atoms with van der Waals surface area (Å²) in [5.41, 5.74) is 2.27. The van der Waals surface area contributed by atoms with Crippen molar-refractivity contribution in [3.05, 3.63) is 113 Å². The molecule has 0 bridgehead atoms. The minimum atomic E-state index is -4.52. The van der Waals surface area contributed by atoms with Crippen LogP contribution in [0.15, 0.2) is 85.1 Å². The average Bonchev–Trinajstić information content (AvgIpc) is 3.11. The Hall–Kier alpha value is -5.28. The topological polar surface area (TPSA) is 155 Å². The number of alkyl halides is 3. The molecule has 0 radical (unpaired) electrons. The van der Waals surface area contributed by atoms with Crippen molar-refractivity contribution >= 4 is 39.0 Å². The Bertz CT molecular complexity index is 2000. The molecule has 276 valence electrons. The first-order chi connectivity index (χ1) is 24.7. The van der Waals surface area contributed by atoms with Crippen LogP contribution in [0.5, 0.6) is 0 Å². The van der Waals surface area contributed by atoms with E-state index in [2.05, 4.69) is 20.5 Å². The predicted molar refractivity (Wildman–Crippen MR) is 191 cm³/mol. The van der Waals surface area contributed by atoms with E-state index in [1.54, 1.807) is 18.2 Å². The standard InChI is InChI=1S/C37H39F3N4O7S/c1-3-44(4-2)30-11-12-32(43-36(48)27-9-5-8-26(19-27)24-52(49,50)18-17-51-16-14-34(45)46)31(22-30)33-21-28(13-15-41-33)35(47)42-23-25-7-6-10-29(20-25)37(38,39)40/h5-13,15,19-22H,3-4,14,16-18,23-24H2,1-2H3,(H,42,47)(H,43,48)(H,45,46). The van der Waals surface area contributed by atoms with Crippen LogP contribution in [0.4, 0.5) is 24.5 Å². The summed E-state index contributed by atoms with van der Waals surface area (Å²) in [6.07, 6.45) is -3.33. The summed E-state index contributed by atoms with van der Waals surface area (Å²) in [6, 6.07) is 19.2. The number of ether oxygens (including phenoxy) is 1. The molecular weight excluding hydrogens is 701 g/mol. The molecule has 1 aromatic heterocycles. The van der Waals surface area contributed by atoms with Gasteiger partial charge in [0.2, 0.25) is 0 Å². The molecule has 2 amide bonds. The maximum atomic E-state index is 13.5.